The van der Waals surface area contributed by atoms with Gasteiger partial charge >= 0.3 is 11.7 Å². The highest BCUT2D eigenvalue weighted by atomic mass is 32.2. The van der Waals surface area contributed by atoms with E-state index in [1.54, 1.807) is 0 Å². The Kier molecular flexibility index (Phi) is 3.76. The summed E-state index contributed by atoms with van der Waals surface area (Å²) in [4.78, 5) is 40.4. The minimum absolute atomic E-state index is 0.0407. The van der Waals surface area contributed by atoms with Crippen LogP contribution in [0.3, 0.4) is 0 Å². The molecule has 11 heteroatoms. The molecule has 0 saturated carbocycles. The van der Waals surface area contributed by atoms with Gasteiger partial charge in [-0.15, -0.1) is 0 Å². The van der Waals surface area contributed by atoms with E-state index < -0.39 is 33.3 Å². The lowest BCUT2D eigenvalue weighted by atomic mass is 10.2. The van der Waals surface area contributed by atoms with Crippen LogP contribution in [0.2, 0.25) is 0 Å². The first-order valence-corrected chi connectivity index (χ1v) is 8.51. The van der Waals surface area contributed by atoms with Gasteiger partial charge < -0.3 is 5.11 Å². The topological polar surface area (TPSA) is 142 Å². The van der Waals surface area contributed by atoms with Crippen LogP contribution in [0.5, 0.6) is 0 Å². The lowest BCUT2D eigenvalue weighted by Crippen LogP contribution is -2.40. The van der Waals surface area contributed by atoms with Crippen LogP contribution in [-0.4, -0.2) is 50.9 Å². The van der Waals surface area contributed by atoms with Crippen LogP contribution in [-0.2, 0) is 21.9 Å². The highest BCUT2D eigenvalue weighted by molar-refractivity contribution is 7.89. The molecule has 0 amide bonds. The lowest BCUT2D eigenvalue weighted by Gasteiger charge is -2.20. The molecule has 1 aliphatic heterocycles. The predicted molar refractivity (Wildman–Crippen MR) is 82.2 cm³/mol. The molecule has 1 fully saturated rings. The SMILES string of the molecule is Cn1c(=O)[nH]c(=O)c2cc(S(=O)(=O)N3CCC[C@@H]3C(=O)O)cnc21. The number of H-pyrrole nitrogens is 1. The van der Waals surface area contributed by atoms with Crippen LogP contribution in [0, 0.1) is 0 Å². The number of aliphatic carboxylic acids is 1. The maximum absolute atomic E-state index is 12.7. The van der Waals surface area contributed by atoms with Gasteiger partial charge in [-0.2, -0.15) is 4.31 Å². The van der Waals surface area contributed by atoms with Gasteiger partial charge in [-0.25, -0.2) is 18.2 Å². The van der Waals surface area contributed by atoms with Gasteiger partial charge in [0.2, 0.25) is 10.0 Å². The van der Waals surface area contributed by atoms with Crippen molar-refractivity contribution in [1.29, 1.82) is 0 Å². The number of fused-ring (bicyclic) bond motifs is 1. The number of rotatable bonds is 3. The van der Waals surface area contributed by atoms with Crippen molar-refractivity contribution in [3.8, 4) is 0 Å². The predicted octanol–water partition coefficient (Wildman–Crippen LogP) is -1.14. The minimum atomic E-state index is -4.11. The number of aryl methyl sites for hydroxylation is 1. The fourth-order valence-corrected chi connectivity index (χ4v) is 4.39. The fourth-order valence-electron chi connectivity index (χ4n) is 2.77. The van der Waals surface area contributed by atoms with Gasteiger partial charge in [0.15, 0.2) is 0 Å². The number of nitrogens with zero attached hydrogens (tertiary/aromatic N) is 3. The Bertz CT molecular complexity index is 1050. The summed E-state index contributed by atoms with van der Waals surface area (Å²) in [6, 6.07) is -0.0307. The molecule has 2 aromatic heterocycles. The summed E-state index contributed by atoms with van der Waals surface area (Å²) in [7, 11) is -2.72. The first-order valence-electron chi connectivity index (χ1n) is 7.07. The molecular weight excluding hydrogens is 340 g/mol. The summed E-state index contributed by atoms with van der Waals surface area (Å²) >= 11 is 0. The lowest BCUT2D eigenvalue weighted by molar-refractivity contribution is -0.140. The summed E-state index contributed by atoms with van der Waals surface area (Å²) in [6.07, 6.45) is 1.69. The van der Waals surface area contributed by atoms with Crippen LogP contribution < -0.4 is 11.2 Å². The Morgan fingerprint density at radius 3 is 2.79 bits per heavy atom. The summed E-state index contributed by atoms with van der Waals surface area (Å²) < 4.78 is 27.4. The van der Waals surface area contributed by atoms with E-state index in [0.29, 0.717) is 6.42 Å². The third-order valence-electron chi connectivity index (χ3n) is 4.02. The van der Waals surface area contributed by atoms with E-state index in [1.165, 1.54) is 7.05 Å². The third-order valence-corrected chi connectivity index (χ3v) is 5.90. The monoisotopic (exact) mass is 354 g/mol. The van der Waals surface area contributed by atoms with E-state index in [4.69, 9.17) is 5.11 Å². The Morgan fingerprint density at radius 1 is 1.42 bits per heavy atom. The first kappa shape index (κ1) is 16.3. The summed E-state index contributed by atoms with van der Waals surface area (Å²) in [5.74, 6) is -1.22. The summed E-state index contributed by atoms with van der Waals surface area (Å²) in [5.41, 5.74) is -1.38. The summed E-state index contributed by atoms with van der Waals surface area (Å²) in [5, 5.41) is 9.10. The molecule has 128 valence electrons. The fraction of sp³-hybridized carbons (Fsp3) is 0.385. The van der Waals surface area contributed by atoms with E-state index in [-0.39, 0.29) is 28.9 Å². The van der Waals surface area contributed by atoms with Crippen molar-refractivity contribution in [2.45, 2.75) is 23.8 Å². The quantitative estimate of drug-likeness (QED) is 0.709. The Labute approximate surface area is 135 Å². The Morgan fingerprint density at radius 2 is 2.12 bits per heavy atom. The highest BCUT2D eigenvalue weighted by Crippen LogP contribution is 2.26. The first-order chi connectivity index (χ1) is 11.2. The second-order valence-electron chi connectivity index (χ2n) is 5.47. The maximum Gasteiger partial charge on any atom is 0.329 e. The van der Waals surface area contributed by atoms with Gasteiger partial charge in [0, 0.05) is 19.8 Å². The van der Waals surface area contributed by atoms with Gasteiger partial charge in [-0.05, 0) is 18.9 Å². The van der Waals surface area contributed by atoms with E-state index >= 15 is 0 Å². The Balaban J connectivity index is 2.18. The molecule has 2 N–H and O–H groups in total. The van der Waals surface area contributed by atoms with Crippen LogP contribution in [0.15, 0.2) is 26.7 Å². The molecule has 0 unspecified atom stereocenters. The van der Waals surface area contributed by atoms with Crippen molar-refractivity contribution >= 4 is 27.0 Å². The van der Waals surface area contributed by atoms with Crippen molar-refractivity contribution in [3.63, 3.8) is 0 Å². The zero-order valence-electron chi connectivity index (χ0n) is 12.6. The molecule has 1 aliphatic rings. The molecule has 1 atom stereocenters. The molecule has 0 aliphatic carbocycles. The number of carboxylic acids is 1. The largest absolute Gasteiger partial charge is 0.480 e. The van der Waals surface area contributed by atoms with Crippen LogP contribution >= 0.6 is 0 Å². The van der Waals surface area contributed by atoms with Crippen LogP contribution in [0.1, 0.15) is 12.8 Å². The number of hydrogen-bond acceptors (Lipinski definition) is 6. The van der Waals surface area contributed by atoms with E-state index in [1.807, 2.05) is 0 Å². The number of pyridine rings is 1. The standard InChI is InChI=1S/C13H14N4O6S/c1-16-10-8(11(18)15-13(16)21)5-7(6-14-10)24(22,23)17-4-2-3-9(17)12(19)20/h5-6,9H,2-4H2,1H3,(H,19,20)(H,15,18,21)/t9-/m1/s1. The van der Waals surface area contributed by atoms with Gasteiger partial charge in [-0.3, -0.25) is 19.1 Å². The van der Waals surface area contributed by atoms with Crippen molar-refractivity contribution in [2.24, 2.45) is 7.05 Å². The number of sulfonamides is 1. The van der Waals surface area contributed by atoms with Gasteiger partial charge in [0.05, 0.1) is 5.39 Å². The van der Waals surface area contributed by atoms with Gasteiger partial charge in [0.25, 0.3) is 5.56 Å². The van der Waals surface area contributed by atoms with Gasteiger partial charge in [-0.1, -0.05) is 0 Å². The van der Waals surface area contributed by atoms with E-state index in [2.05, 4.69) is 9.97 Å². The molecule has 1 saturated heterocycles. The van der Waals surface area contributed by atoms with Crippen LogP contribution in [0.25, 0.3) is 11.0 Å². The number of aromatic nitrogens is 3. The molecule has 3 rings (SSSR count). The molecule has 24 heavy (non-hydrogen) atoms. The minimum Gasteiger partial charge on any atom is -0.480 e. The molecule has 0 radical (unpaired) electrons. The van der Waals surface area contributed by atoms with Crippen molar-refractivity contribution < 1.29 is 18.3 Å². The van der Waals surface area contributed by atoms with Crippen molar-refractivity contribution in [2.75, 3.05) is 6.54 Å². The smallest absolute Gasteiger partial charge is 0.329 e. The third kappa shape index (κ3) is 2.41. The number of carboxylic acid groups (broad SMARTS) is 1. The number of hydrogen-bond donors (Lipinski definition) is 2. The van der Waals surface area contributed by atoms with Crippen molar-refractivity contribution in [1.82, 2.24) is 18.8 Å². The zero-order valence-corrected chi connectivity index (χ0v) is 13.4. The van der Waals surface area contributed by atoms with Crippen molar-refractivity contribution in [3.05, 3.63) is 33.1 Å². The van der Waals surface area contributed by atoms with Crippen LogP contribution in [0.4, 0.5) is 0 Å². The second-order valence-corrected chi connectivity index (χ2v) is 7.36. The second kappa shape index (κ2) is 5.53. The Hall–Kier alpha value is -2.53. The average molecular weight is 354 g/mol. The molecule has 10 nitrogen and oxygen atoms in total. The van der Waals surface area contributed by atoms with E-state index in [9.17, 15) is 22.8 Å². The molecule has 0 spiro atoms. The van der Waals surface area contributed by atoms with E-state index in [0.717, 1.165) is 21.1 Å². The normalized spacial score (nSPS) is 19.0. The molecule has 0 bridgehead atoms. The number of nitrogens with one attached hydrogen (secondary N) is 1. The maximum atomic E-state index is 12.7. The highest BCUT2D eigenvalue weighted by Gasteiger charge is 2.39. The molecule has 0 aromatic carbocycles. The zero-order chi connectivity index (χ0) is 17.6. The molecule has 3 heterocycles. The number of carbonyl (C=O) groups is 1. The number of aromatic amines is 1. The average Bonchev–Trinajstić information content (AvgIpc) is 3.03. The molecule has 2 aromatic rings. The summed E-state index contributed by atoms with van der Waals surface area (Å²) in [6.45, 7) is 0.0843. The molecular formula is C13H14N4O6S. The van der Waals surface area contributed by atoms with Gasteiger partial charge in [0.1, 0.15) is 16.6 Å².